The number of aryl methyl sites for hydroxylation is 2. The molecule has 1 aromatic carbocycles. The van der Waals surface area contributed by atoms with Crippen LogP contribution in [-0.2, 0) is 6.54 Å². The monoisotopic (exact) mass is 294 g/mol. The van der Waals surface area contributed by atoms with Crippen LogP contribution in [0.25, 0.3) is 11.0 Å². The van der Waals surface area contributed by atoms with Crippen molar-refractivity contribution in [1.82, 2.24) is 10.2 Å². The summed E-state index contributed by atoms with van der Waals surface area (Å²) in [5, 5.41) is 4.69. The second-order valence-electron chi connectivity index (χ2n) is 5.78. The maximum absolute atomic E-state index is 5.98. The molecule has 0 amide bonds. The molecular formula is C16H23ClN2O. The predicted octanol–water partition coefficient (Wildman–Crippen LogP) is 3.27. The van der Waals surface area contributed by atoms with Crippen molar-refractivity contribution < 1.29 is 4.42 Å². The number of halogens is 1. The number of piperazine rings is 1. The van der Waals surface area contributed by atoms with Gasteiger partial charge in [0.2, 0.25) is 0 Å². The molecule has 1 aliphatic heterocycles. The summed E-state index contributed by atoms with van der Waals surface area (Å²) in [6.45, 7) is 10.7. The highest BCUT2D eigenvalue weighted by atomic mass is 35.5. The molecule has 1 atom stereocenters. The lowest BCUT2D eigenvalue weighted by Crippen LogP contribution is -2.48. The van der Waals surface area contributed by atoms with Gasteiger partial charge in [-0.3, -0.25) is 4.90 Å². The van der Waals surface area contributed by atoms with Gasteiger partial charge in [-0.15, -0.1) is 12.4 Å². The average molecular weight is 295 g/mol. The van der Waals surface area contributed by atoms with Crippen LogP contribution in [0.4, 0.5) is 0 Å². The van der Waals surface area contributed by atoms with Gasteiger partial charge in [-0.2, -0.15) is 0 Å². The maximum Gasteiger partial charge on any atom is 0.134 e. The number of hydrogen-bond acceptors (Lipinski definition) is 3. The normalized spacial score (nSPS) is 20.1. The van der Waals surface area contributed by atoms with Crippen LogP contribution in [0.3, 0.4) is 0 Å². The van der Waals surface area contributed by atoms with Crippen LogP contribution in [0.15, 0.2) is 22.6 Å². The van der Waals surface area contributed by atoms with Gasteiger partial charge in [0.15, 0.2) is 0 Å². The van der Waals surface area contributed by atoms with Crippen molar-refractivity contribution in [3.63, 3.8) is 0 Å². The van der Waals surface area contributed by atoms with E-state index in [-0.39, 0.29) is 12.4 Å². The zero-order valence-corrected chi connectivity index (χ0v) is 13.2. The summed E-state index contributed by atoms with van der Waals surface area (Å²) >= 11 is 0. The summed E-state index contributed by atoms with van der Waals surface area (Å²) in [6, 6.07) is 7.13. The molecule has 3 rings (SSSR count). The largest absolute Gasteiger partial charge is 0.460 e. The van der Waals surface area contributed by atoms with Gasteiger partial charge >= 0.3 is 0 Å². The number of benzene rings is 1. The number of nitrogens with one attached hydrogen (secondary N) is 1. The first-order valence-corrected chi connectivity index (χ1v) is 7.07. The summed E-state index contributed by atoms with van der Waals surface area (Å²) in [4.78, 5) is 2.46. The SMILES string of the molecule is Cc1cc2cc(CN3CCN[C@@H](C)C3)oc2cc1C.Cl. The van der Waals surface area contributed by atoms with Gasteiger partial charge < -0.3 is 9.73 Å². The third-order valence-electron chi connectivity index (χ3n) is 4.02. The summed E-state index contributed by atoms with van der Waals surface area (Å²) in [7, 11) is 0. The van der Waals surface area contributed by atoms with Gasteiger partial charge in [-0.1, -0.05) is 0 Å². The molecule has 0 unspecified atom stereocenters. The second-order valence-corrected chi connectivity index (χ2v) is 5.78. The highest BCUT2D eigenvalue weighted by molar-refractivity contribution is 5.85. The smallest absolute Gasteiger partial charge is 0.134 e. The maximum atomic E-state index is 5.98. The molecular weight excluding hydrogens is 272 g/mol. The van der Waals surface area contributed by atoms with E-state index >= 15 is 0 Å². The predicted molar refractivity (Wildman–Crippen MR) is 85.7 cm³/mol. The molecule has 0 aliphatic carbocycles. The average Bonchev–Trinajstić information content (AvgIpc) is 2.71. The lowest BCUT2D eigenvalue weighted by atomic mass is 10.1. The first-order chi connectivity index (χ1) is 9.11. The summed E-state index contributed by atoms with van der Waals surface area (Å²) in [5.74, 6) is 1.08. The molecule has 3 nitrogen and oxygen atoms in total. The Balaban J connectivity index is 0.00000147. The molecule has 2 aromatic rings. The van der Waals surface area contributed by atoms with E-state index in [1.54, 1.807) is 0 Å². The minimum Gasteiger partial charge on any atom is -0.460 e. The fourth-order valence-corrected chi connectivity index (χ4v) is 2.81. The standard InChI is InChI=1S/C16H22N2O.ClH/c1-11-6-14-8-15(19-16(14)7-12(11)2)10-18-5-4-17-13(3)9-18;/h6-8,13,17H,4-5,9-10H2,1-3H3;1H/t13-;/m0./s1. The van der Waals surface area contributed by atoms with E-state index in [1.165, 1.54) is 16.5 Å². The quantitative estimate of drug-likeness (QED) is 0.921. The van der Waals surface area contributed by atoms with Crippen LogP contribution in [0.1, 0.15) is 23.8 Å². The Morgan fingerprint density at radius 3 is 2.75 bits per heavy atom. The zero-order valence-electron chi connectivity index (χ0n) is 12.4. The number of nitrogens with zero attached hydrogens (tertiary/aromatic N) is 1. The summed E-state index contributed by atoms with van der Waals surface area (Å²) < 4.78 is 5.98. The second kappa shape index (κ2) is 6.17. The highest BCUT2D eigenvalue weighted by Crippen LogP contribution is 2.24. The Morgan fingerprint density at radius 2 is 2.00 bits per heavy atom. The summed E-state index contributed by atoms with van der Waals surface area (Å²) in [6.07, 6.45) is 0. The summed E-state index contributed by atoms with van der Waals surface area (Å²) in [5.41, 5.74) is 3.64. The lowest BCUT2D eigenvalue weighted by molar-refractivity contribution is 0.188. The van der Waals surface area contributed by atoms with Crippen molar-refractivity contribution in [1.29, 1.82) is 0 Å². The van der Waals surface area contributed by atoms with Crippen LogP contribution >= 0.6 is 12.4 Å². The van der Waals surface area contributed by atoms with Crippen LogP contribution in [0.2, 0.25) is 0 Å². The molecule has 110 valence electrons. The molecule has 2 heterocycles. The first kappa shape index (κ1) is 15.4. The lowest BCUT2D eigenvalue weighted by Gasteiger charge is -2.30. The van der Waals surface area contributed by atoms with Gasteiger partial charge in [-0.25, -0.2) is 0 Å². The van der Waals surface area contributed by atoms with Crippen molar-refractivity contribution in [3.8, 4) is 0 Å². The molecule has 4 heteroatoms. The Labute approximate surface area is 126 Å². The van der Waals surface area contributed by atoms with Gasteiger partial charge in [0.05, 0.1) is 6.54 Å². The number of fused-ring (bicyclic) bond motifs is 1. The van der Waals surface area contributed by atoms with Gasteiger partial charge in [0, 0.05) is 31.1 Å². The highest BCUT2D eigenvalue weighted by Gasteiger charge is 2.17. The van der Waals surface area contributed by atoms with Crippen LogP contribution in [0, 0.1) is 13.8 Å². The number of rotatable bonds is 2. The van der Waals surface area contributed by atoms with Crippen molar-refractivity contribution in [2.24, 2.45) is 0 Å². The third kappa shape index (κ3) is 3.17. The number of furan rings is 1. The molecule has 1 N–H and O–H groups in total. The van der Waals surface area contributed by atoms with Crippen molar-refractivity contribution in [3.05, 3.63) is 35.1 Å². The van der Waals surface area contributed by atoms with Crippen molar-refractivity contribution >= 4 is 23.4 Å². The van der Waals surface area contributed by atoms with E-state index in [0.29, 0.717) is 6.04 Å². The Bertz CT molecular complexity index is 554. The minimum absolute atomic E-state index is 0. The molecule has 0 saturated carbocycles. The van der Waals surface area contributed by atoms with E-state index in [2.05, 4.69) is 49.2 Å². The van der Waals surface area contributed by atoms with Gasteiger partial charge in [0.25, 0.3) is 0 Å². The van der Waals surface area contributed by atoms with Gasteiger partial charge in [0.1, 0.15) is 11.3 Å². The fraction of sp³-hybridized carbons (Fsp3) is 0.500. The van der Waals surface area contributed by atoms with Gasteiger partial charge in [-0.05, 0) is 50.1 Å². The molecule has 0 radical (unpaired) electrons. The van der Waals surface area contributed by atoms with E-state index in [0.717, 1.165) is 37.5 Å². The van der Waals surface area contributed by atoms with E-state index in [9.17, 15) is 0 Å². The Morgan fingerprint density at radius 1 is 1.25 bits per heavy atom. The van der Waals surface area contributed by atoms with Crippen LogP contribution in [0.5, 0.6) is 0 Å². The van der Waals surface area contributed by atoms with Crippen molar-refractivity contribution in [2.75, 3.05) is 19.6 Å². The fourth-order valence-electron chi connectivity index (χ4n) is 2.81. The van der Waals surface area contributed by atoms with E-state index < -0.39 is 0 Å². The topological polar surface area (TPSA) is 28.4 Å². The minimum atomic E-state index is 0. The molecule has 1 fully saturated rings. The molecule has 1 saturated heterocycles. The molecule has 0 bridgehead atoms. The number of hydrogen-bond donors (Lipinski definition) is 1. The Hall–Kier alpha value is -1.03. The molecule has 1 aliphatic rings. The van der Waals surface area contributed by atoms with Crippen LogP contribution < -0.4 is 5.32 Å². The molecule has 1 aromatic heterocycles. The molecule has 20 heavy (non-hydrogen) atoms. The third-order valence-corrected chi connectivity index (χ3v) is 4.02. The first-order valence-electron chi connectivity index (χ1n) is 7.07. The van der Waals surface area contributed by atoms with E-state index in [4.69, 9.17) is 4.42 Å². The molecule has 0 spiro atoms. The van der Waals surface area contributed by atoms with E-state index in [1.807, 2.05) is 0 Å². The zero-order chi connectivity index (χ0) is 13.4. The Kier molecular flexibility index (Phi) is 4.74. The van der Waals surface area contributed by atoms with Crippen LogP contribution in [-0.4, -0.2) is 30.6 Å². The van der Waals surface area contributed by atoms with Crippen molar-refractivity contribution in [2.45, 2.75) is 33.4 Å².